The van der Waals surface area contributed by atoms with Crippen molar-refractivity contribution in [1.29, 1.82) is 0 Å². The van der Waals surface area contributed by atoms with E-state index in [1.165, 1.54) is 0 Å². The van der Waals surface area contributed by atoms with E-state index in [1.807, 2.05) is 38.1 Å². The van der Waals surface area contributed by atoms with Gasteiger partial charge in [-0.15, -0.1) is 0 Å². The molecule has 0 fully saturated rings. The van der Waals surface area contributed by atoms with Crippen molar-refractivity contribution in [1.82, 2.24) is 0 Å². The first kappa shape index (κ1) is 21.0. The van der Waals surface area contributed by atoms with Crippen molar-refractivity contribution in [2.75, 3.05) is 6.61 Å². The lowest BCUT2D eigenvalue weighted by Crippen LogP contribution is -2.14. The average Bonchev–Trinajstić information content (AvgIpc) is 2.57. The minimum absolute atomic E-state index is 0.103. The van der Waals surface area contributed by atoms with E-state index in [-0.39, 0.29) is 5.41 Å². The molecule has 0 spiro atoms. The normalized spacial score (nSPS) is 11.2. The molecule has 0 N–H and O–H groups in total. The number of benzene rings is 2. The molecule has 0 aliphatic rings. The van der Waals surface area contributed by atoms with Gasteiger partial charge in [0.25, 0.3) is 0 Å². The van der Waals surface area contributed by atoms with Gasteiger partial charge in [0.15, 0.2) is 0 Å². The second-order valence-electron chi connectivity index (χ2n) is 7.41. The number of thioether (sulfide) groups is 1. The maximum absolute atomic E-state index is 12.6. The molecule has 0 saturated heterocycles. The van der Waals surface area contributed by atoms with E-state index in [9.17, 15) is 9.59 Å². The van der Waals surface area contributed by atoms with E-state index < -0.39 is 11.3 Å². The van der Waals surface area contributed by atoms with Crippen molar-refractivity contribution < 1.29 is 19.1 Å². The molecule has 0 aromatic heterocycles. The Bertz CT molecular complexity index is 833. The highest BCUT2D eigenvalue weighted by atomic mass is 32.2. The molecule has 0 bridgehead atoms. The van der Waals surface area contributed by atoms with Crippen LogP contribution in [0.2, 0.25) is 0 Å². The lowest BCUT2D eigenvalue weighted by molar-refractivity contribution is 0.0729. The number of hydrogen-bond acceptors (Lipinski definition) is 5. The molecule has 0 unspecified atom stereocenters. The third kappa shape index (κ3) is 5.60. The first-order valence-electron chi connectivity index (χ1n) is 8.90. The van der Waals surface area contributed by atoms with Crippen LogP contribution in [-0.2, 0) is 10.2 Å². The van der Waals surface area contributed by atoms with E-state index in [2.05, 4.69) is 20.8 Å². The molecule has 2 aromatic carbocycles. The molecule has 0 radical (unpaired) electrons. The standard InChI is InChI=1S/C22H26O4S/c1-7-25-21(24)27-18-13-17(22(4,5)6)12-15(3)19(18)26-20(23)16-10-8-14(2)9-11-16/h8-13H,7H2,1-6H3. The maximum Gasteiger partial charge on any atom is 0.372 e. The number of aryl methyl sites for hydroxylation is 2. The summed E-state index contributed by atoms with van der Waals surface area (Å²) in [6, 6.07) is 11.1. The zero-order valence-corrected chi connectivity index (χ0v) is 17.5. The number of rotatable bonds is 4. The molecule has 0 amide bonds. The average molecular weight is 387 g/mol. The highest BCUT2D eigenvalue weighted by Gasteiger charge is 2.22. The molecule has 2 aromatic rings. The Morgan fingerprint density at radius 2 is 1.67 bits per heavy atom. The van der Waals surface area contributed by atoms with Crippen LogP contribution in [0.5, 0.6) is 5.75 Å². The minimum Gasteiger partial charge on any atom is -0.458 e. The zero-order valence-electron chi connectivity index (χ0n) is 16.7. The third-order valence-electron chi connectivity index (χ3n) is 4.04. The minimum atomic E-state index is -0.452. The number of carbonyl (C=O) groups is 2. The molecule has 0 aliphatic heterocycles. The van der Waals surface area contributed by atoms with Crippen LogP contribution in [0.1, 0.15) is 54.7 Å². The molecule has 0 saturated carbocycles. The lowest BCUT2D eigenvalue weighted by Gasteiger charge is -2.22. The van der Waals surface area contributed by atoms with Crippen LogP contribution >= 0.6 is 11.8 Å². The second kappa shape index (κ2) is 8.61. The van der Waals surface area contributed by atoms with Crippen LogP contribution in [0.3, 0.4) is 0 Å². The molecular weight excluding hydrogens is 360 g/mol. The van der Waals surface area contributed by atoms with E-state index in [0.717, 1.165) is 28.5 Å². The van der Waals surface area contributed by atoms with Crippen molar-refractivity contribution in [2.45, 2.75) is 51.9 Å². The largest absolute Gasteiger partial charge is 0.458 e. The monoisotopic (exact) mass is 386 g/mol. The van der Waals surface area contributed by atoms with E-state index >= 15 is 0 Å². The first-order valence-corrected chi connectivity index (χ1v) is 9.72. The van der Waals surface area contributed by atoms with Gasteiger partial charge >= 0.3 is 11.3 Å². The summed E-state index contributed by atoms with van der Waals surface area (Å²) in [5, 5.41) is -0.421. The number of esters is 1. The van der Waals surface area contributed by atoms with Crippen molar-refractivity contribution in [3.05, 3.63) is 58.7 Å². The third-order valence-corrected chi connectivity index (χ3v) is 4.85. The summed E-state index contributed by atoms with van der Waals surface area (Å²) in [5.74, 6) is -0.0565. The summed E-state index contributed by atoms with van der Waals surface area (Å²) >= 11 is 0.941. The van der Waals surface area contributed by atoms with Gasteiger partial charge in [-0.3, -0.25) is 0 Å². The molecule has 0 aliphatic carbocycles. The van der Waals surface area contributed by atoms with Crippen molar-refractivity contribution in [3.63, 3.8) is 0 Å². The van der Waals surface area contributed by atoms with Crippen LogP contribution in [0.15, 0.2) is 41.3 Å². The first-order chi connectivity index (χ1) is 12.6. The van der Waals surface area contributed by atoms with Gasteiger partial charge in [-0.25, -0.2) is 9.59 Å². The molecule has 5 heteroatoms. The van der Waals surface area contributed by atoms with Crippen LogP contribution in [0, 0.1) is 13.8 Å². The van der Waals surface area contributed by atoms with Crippen LogP contribution in [0.25, 0.3) is 0 Å². The predicted octanol–water partition coefficient (Wildman–Crippen LogP) is 6.07. The fourth-order valence-electron chi connectivity index (χ4n) is 2.46. The van der Waals surface area contributed by atoms with Crippen molar-refractivity contribution in [2.24, 2.45) is 0 Å². The van der Waals surface area contributed by atoms with Crippen LogP contribution in [0.4, 0.5) is 4.79 Å². The van der Waals surface area contributed by atoms with E-state index in [4.69, 9.17) is 9.47 Å². The predicted molar refractivity (Wildman–Crippen MR) is 109 cm³/mol. The molecular formula is C22H26O4S. The highest BCUT2D eigenvalue weighted by Crippen LogP contribution is 2.38. The molecule has 2 rings (SSSR count). The Hall–Kier alpha value is -2.27. The molecule has 27 heavy (non-hydrogen) atoms. The smallest absolute Gasteiger partial charge is 0.372 e. The number of carbonyl (C=O) groups excluding carboxylic acids is 2. The SMILES string of the molecule is CCOC(=O)Sc1cc(C(C)(C)C)cc(C)c1OC(=O)c1ccc(C)cc1. The Balaban J connectivity index is 2.41. The fourth-order valence-corrected chi connectivity index (χ4v) is 3.30. The summed E-state index contributed by atoms with van der Waals surface area (Å²) < 4.78 is 10.7. The van der Waals surface area contributed by atoms with Crippen molar-refractivity contribution >= 4 is 23.0 Å². The van der Waals surface area contributed by atoms with Gasteiger partial charge in [0.05, 0.1) is 17.1 Å². The lowest BCUT2D eigenvalue weighted by atomic mass is 9.86. The second-order valence-corrected chi connectivity index (χ2v) is 8.39. The van der Waals surface area contributed by atoms with Gasteiger partial charge in [0, 0.05) is 0 Å². The van der Waals surface area contributed by atoms with Gasteiger partial charge < -0.3 is 9.47 Å². The van der Waals surface area contributed by atoms with Gasteiger partial charge in [0.1, 0.15) is 5.75 Å². The zero-order chi connectivity index (χ0) is 20.2. The summed E-state index contributed by atoms with van der Waals surface area (Å²) in [5.41, 5.74) is 3.29. The topological polar surface area (TPSA) is 52.6 Å². The molecule has 4 nitrogen and oxygen atoms in total. The van der Waals surface area contributed by atoms with Crippen LogP contribution < -0.4 is 4.74 Å². The fraction of sp³-hybridized carbons (Fsp3) is 0.364. The van der Waals surface area contributed by atoms with Gasteiger partial charge in [-0.05, 0) is 67.3 Å². The Labute approximate surface area is 165 Å². The van der Waals surface area contributed by atoms with Gasteiger partial charge in [-0.1, -0.05) is 44.5 Å². The number of ether oxygens (including phenoxy) is 2. The quantitative estimate of drug-likeness (QED) is 0.363. The summed E-state index contributed by atoms with van der Waals surface area (Å²) in [6.45, 7) is 12.2. The summed E-state index contributed by atoms with van der Waals surface area (Å²) in [4.78, 5) is 25.2. The highest BCUT2D eigenvalue weighted by molar-refractivity contribution is 8.13. The molecule has 144 valence electrons. The number of hydrogen-bond donors (Lipinski definition) is 0. The van der Waals surface area contributed by atoms with E-state index in [1.54, 1.807) is 19.1 Å². The van der Waals surface area contributed by atoms with Crippen molar-refractivity contribution in [3.8, 4) is 5.75 Å². The Kier molecular flexibility index (Phi) is 6.71. The van der Waals surface area contributed by atoms with E-state index in [0.29, 0.717) is 22.8 Å². The van der Waals surface area contributed by atoms with Gasteiger partial charge in [0.2, 0.25) is 0 Å². The summed E-state index contributed by atoms with van der Waals surface area (Å²) in [6.07, 6.45) is 0. The molecule has 0 heterocycles. The van der Waals surface area contributed by atoms with Gasteiger partial charge in [-0.2, -0.15) is 0 Å². The molecule has 0 atom stereocenters. The Morgan fingerprint density at radius 1 is 1.04 bits per heavy atom. The van der Waals surface area contributed by atoms with Crippen LogP contribution in [-0.4, -0.2) is 17.9 Å². The maximum atomic E-state index is 12.6. The summed E-state index contributed by atoms with van der Waals surface area (Å²) in [7, 11) is 0. The Morgan fingerprint density at radius 3 is 2.22 bits per heavy atom.